The van der Waals surface area contributed by atoms with Gasteiger partial charge >= 0.3 is 5.97 Å². The molecule has 0 aliphatic rings. The lowest BCUT2D eigenvalue weighted by Gasteiger charge is -2.11. The summed E-state index contributed by atoms with van der Waals surface area (Å²) in [6, 6.07) is 12.2. The fourth-order valence-corrected chi connectivity index (χ4v) is 2.84. The van der Waals surface area contributed by atoms with Crippen molar-refractivity contribution in [3.63, 3.8) is 0 Å². The van der Waals surface area contributed by atoms with Crippen molar-refractivity contribution in [2.24, 2.45) is 0 Å². The maximum atomic E-state index is 13.5. The molecule has 0 atom stereocenters. The predicted octanol–water partition coefficient (Wildman–Crippen LogP) is 4.07. The van der Waals surface area contributed by atoms with Crippen LogP contribution in [0.3, 0.4) is 0 Å². The zero-order valence-corrected chi connectivity index (χ0v) is 12.9. The van der Waals surface area contributed by atoms with E-state index in [1.54, 1.807) is 11.8 Å². The van der Waals surface area contributed by atoms with Gasteiger partial charge in [0.15, 0.2) is 0 Å². The molecule has 21 heavy (non-hydrogen) atoms. The number of methoxy groups -OCH3 is 1. The van der Waals surface area contributed by atoms with Gasteiger partial charge in [-0.3, -0.25) is 0 Å². The molecule has 0 spiro atoms. The van der Waals surface area contributed by atoms with E-state index in [0.29, 0.717) is 17.5 Å². The van der Waals surface area contributed by atoms with Gasteiger partial charge in [-0.2, -0.15) is 11.8 Å². The Morgan fingerprint density at radius 3 is 2.52 bits per heavy atom. The van der Waals surface area contributed by atoms with Crippen molar-refractivity contribution < 1.29 is 13.9 Å². The molecular formula is C17H17FO2S. The average Bonchev–Trinajstić information content (AvgIpc) is 2.49. The molecule has 2 aromatic rings. The summed E-state index contributed by atoms with van der Waals surface area (Å²) < 4.78 is 18.3. The van der Waals surface area contributed by atoms with Crippen molar-refractivity contribution in [2.75, 3.05) is 13.4 Å². The molecule has 4 heteroatoms. The van der Waals surface area contributed by atoms with E-state index >= 15 is 0 Å². The lowest BCUT2D eigenvalue weighted by atomic mass is 9.97. The van der Waals surface area contributed by atoms with Gasteiger partial charge in [-0.25, -0.2) is 9.18 Å². The zero-order chi connectivity index (χ0) is 15.2. The quantitative estimate of drug-likeness (QED) is 0.779. The minimum absolute atomic E-state index is 0.347. The highest BCUT2D eigenvalue weighted by molar-refractivity contribution is 7.97. The summed E-state index contributed by atoms with van der Waals surface area (Å²) in [4.78, 5) is 11.8. The largest absolute Gasteiger partial charge is 0.465 e. The predicted molar refractivity (Wildman–Crippen MR) is 84.2 cm³/mol. The Kier molecular flexibility index (Phi) is 5.39. The summed E-state index contributed by atoms with van der Waals surface area (Å²) in [6.07, 6.45) is 2.55. The first-order valence-corrected chi connectivity index (χ1v) is 7.97. The van der Waals surface area contributed by atoms with Gasteiger partial charge in [0.2, 0.25) is 0 Å². The molecule has 0 amide bonds. The van der Waals surface area contributed by atoms with Gasteiger partial charge in [-0.05, 0) is 47.6 Å². The molecule has 0 fully saturated rings. The Hall–Kier alpha value is -1.81. The maximum absolute atomic E-state index is 13.5. The molecule has 0 aliphatic carbocycles. The number of esters is 1. The third kappa shape index (κ3) is 3.85. The number of benzene rings is 2. The maximum Gasteiger partial charge on any atom is 0.338 e. The number of ether oxygens (including phenoxy) is 1. The van der Waals surface area contributed by atoms with Crippen LogP contribution in [0.5, 0.6) is 0 Å². The van der Waals surface area contributed by atoms with Crippen molar-refractivity contribution in [1.29, 1.82) is 0 Å². The van der Waals surface area contributed by atoms with Crippen molar-refractivity contribution in [3.8, 4) is 0 Å². The fourth-order valence-electron chi connectivity index (χ4n) is 2.25. The standard InChI is InChI=1S/C17H17FO2S/c1-20-17(19)16-8-7-15(18)10-14(16)9-12-5-3-4-6-13(12)11-21-2/h3-8,10H,9,11H2,1-2H3. The molecule has 0 heterocycles. The van der Waals surface area contributed by atoms with Crippen LogP contribution in [-0.2, 0) is 16.9 Å². The number of hydrogen-bond donors (Lipinski definition) is 0. The Labute approximate surface area is 128 Å². The van der Waals surface area contributed by atoms with Crippen LogP contribution in [0.4, 0.5) is 4.39 Å². The van der Waals surface area contributed by atoms with Gasteiger partial charge in [0, 0.05) is 5.75 Å². The van der Waals surface area contributed by atoms with Crippen LogP contribution >= 0.6 is 11.8 Å². The highest BCUT2D eigenvalue weighted by Gasteiger charge is 2.14. The fraction of sp³-hybridized carbons (Fsp3) is 0.235. The Bertz CT molecular complexity index is 640. The molecule has 0 unspecified atom stereocenters. The van der Waals surface area contributed by atoms with Gasteiger partial charge < -0.3 is 4.74 Å². The van der Waals surface area contributed by atoms with Crippen molar-refractivity contribution in [1.82, 2.24) is 0 Å². The third-order valence-corrected chi connectivity index (χ3v) is 3.87. The van der Waals surface area contributed by atoms with Crippen LogP contribution in [0.15, 0.2) is 42.5 Å². The van der Waals surface area contributed by atoms with Crippen LogP contribution in [-0.4, -0.2) is 19.3 Å². The Morgan fingerprint density at radius 2 is 1.86 bits per heavy atom. The molecule has 0 radical (unpaired) electrons. The molecule has 2 aromatic carbocycles. The second-order valence-electron chi connectivity index (χ2n) is 4.67. The summed E-state index contributed by atoms with van der Waals surface area (Å²) >= 11 is 1.73. The van der Waals surface area contributed by atoms with Crippen LogP contribution in [0.1, 0.15) is 27.0 Å². The topological polar surface area (TPSA) is 26.3 Å². The Morgan fingerprint density at radius 1 is 1.14 bits per heavy atom. The molecule has 0 saturated carbocycles. The Balaban J connectivity index is 2.39. The van der Waals surface area contributed by atoms with E-state index in [4.69, 9.17) is 4.74 Å². The minimum atomic E-state index is -0.438. The minimum Gasteiger partial charge on any atom is -0.465 e. The second-order valence-corrected chi connectivity index (χ2v) is 5.54. The lowest BCUT2D eigenvalue weighted by molar-refractivity contribution is 0.0599. The van der Waals surface area contributed by atoms with Crippen LogP contribution in [0.2, 0.25) is 0 Å². The summed E-state index contributed by atoms with van der Waals surface area (Å²) in [5, 5.41) is 0. The molecule has 2 nitrogen and oxygen atoms in total. The molecule has 0 aromatic heterocycles. The van der Waals surface area contributed by atoms with E-state index in [2.05, 4.69) is 6.07 Å². The molecule has 0 aliphatic heterocycles. The van der Waals surface area contributed by atoms with E-state index in [1.807, 2.05) is 24.5 Å². The normalized spacial score (nSPS) is 10.4. The molecule has 0 bridgehead atoms. The van der Waals surface area contributed by atoms with Crippen LogP contribution in [0.25, 0.3) is 0 Å². The number of hydrogen-bond acceptors (Lipinski definition) is 3. The van der Waals surface area contributed by atoms with Gasteiger partial charge in [0.1, 0.15) is 5.82 Å². The van der Waals surface area contributed by atoms with Crippen molar-refractivity contribution in [2.45, 2.75) is 12.2 Å². The van der Waals surface area contributed by atoms with Crippen molar-refractivity contribution >= 4 is 17.7 Å². The smallest absolute Gasteiger partial charge is 0.338 e. The first-order valence-electron chi connectivity index (χ1n) is 6.58. The van der Waals surface area contributed by atoms with E-state index in [9.17, 15) is 9.18 Å². The molecule has 2 rings (SSSR count). The zero-order valence-electron chi connectivity index (χ0n) is 12.1. The van der Waals surface area contributed by atoms with Gasteiger partial charge in [0.25, 0.3) is 0 Å². The molecule has 110 valence electrons. The SMILES string of the molecule is COC(=O)c1ccc(F)cc1Cc1ccccc1CSC. The summed E-state index contributed by atoms with van der Waals surface area (Å²) in [5.74, 6) is 0.103. The number of carbonyl (C=O) groups excluding carboxylic acids is 1. The van der Waals surface area contributed by atoms with E-state index in [-0.39, 0.29) is 5.82 Å². The first-order chi connectivity index (χ1) is 10.2. The van der Waals surface area contributed by atoms with Crippen molar-refractivity contribution in [3.05, 3.63) is 70.5 Å². The lowest BCUT2D eigenvalue weighted by Crippen LogP contribution is -2.07. The highest BCUT2D eigenvalue weighted by atomic mass is 32.2. The highest BCUT2D eigenvalue weighted by Crippen LogP contribution is 2.21. The monoisotopic (exact) mass is 304 g/mol. The van der Waals surface area contributed by atoms with Crippen LogP contribution < -0.4 is 0 Å². The van der Waals surface area contributed by atoms with Gasteiger partial charge in [-0.15, -0.1) is 0 Å². The van der Waals surface area contributed by atoms with Gasteiger partial charge in [-0.1, -0.05) is 24.3 Å². The van der Waals surface area contributed by atoms with E-state index in [0.717, 1.165) is 11.3 Å². The summed E-state index contributed by atoms with van der Waals surface area (Å²) in [7, 11) is 1.33. The first kappa shape index (κ1) is 15.6. The summed E-state index contributed by atoms with van der Waals surface area (Å²) in [5.41, 5.74) is 3.36. The molecule has 0 N–H and O–H groups in total. The van der Waals surface area contributed by atoms with E-state index < -0.39 is 5.97 Å². The summed E-state index contributed by atoms with van der Waals surface area (Å²) in [6.45, 7) is 0. The third-order valence-electron chi connectivity index (χ3n) is 3.27. The average molecular weight is 304 g/mol. The van der Waals surface area contributed by atoms with E-state index in [1.165, 1.54) is 30.9 Å². The number of rotatable bonds is 5. The molecular weight excluding hydrogens is 287 g/mol. The number of carbonyl (C=O) groups is 1. The number of halogens is 1. The second kappa shape index (κ2) is 7.27. The van der Waals surface area contributed by atoms with Crippen LogP contribution in [0, 0.1) is 5.82 Å². The molecule has 0 saturated heterocycles. The number of thioether (sulfide) groups is 1. The van der Waals surface area contributed by atoms with Gasteiger partial charge in [0.05, 0.1) is 12.7 Å².